The Morgan fingerprint density at radius 1 is 1.35 bits per heavy atom. The van der Waals surface area contributed by atoms with Crippen molar-refractivity contribution in [1.29, 1.82) is 0 Å². The summed E-state index contributed by atoms with van der Waals surface area (Å²) in [4.78, 5) is 32.6. The van der Waals surface area contributed by atoms with Gasteiger partial charge in [-0.05, 0) is 27.2 Å². The number of carbonyl (C=O) groups is 3. The minimum Gasteiger partial charge on any atom is -0.480 e. The summed E-state index contributed by atoms with van der Waals surface area (Å²) < 4.78 is 4.42. The van der Waals surface area contributed by atoms with Crippen LogP contribution in [0.1, 0.15) is 33.6 Å². The fraction of sp³-hybridized carbons (Fsp3) is 0.700. The van der Waals surface area contributed by atoms with Gasteiger partial charge in [0.1, 0.15) is 6.04 Å². The smallest absolute Gasteiger partial charge is 0.415 e. The fourth-order valence-electron chi connectivity index (χ4n) is 0.883. The summed E-state index contributed by atoms with van der Waals surface area (Å²) in [6, 6.07) is -1.13. The molecular formula is C10H18N2O5. The van der Waals surface area contributed by atoms with Crippen molar-refractivity contribution in [2.24, 2.45) is 5.73 Å². The molecule has 4 N–H and O–H groups in total. The fourth-order valence-corrected chi connectivity index (χ4v) is 0.883. The van der Waals surface area contributed by atoms with Gasteiger partial charge in [-0.1, -0.05) is 0 Å². The molecule has 0 rings (SSSR count). The highest BCUT2D eigenvalue weighted by molar-refractivity contribution is 5.85. The topological polar surface area (TPSA) is 119 Å². The summed E-state index contributed by atoms with van der Waals surface area (Å²) >= 11 is 0. The molecule has 0 spiro atoms. The van der Waals surface area contributed by atoms with Crippen molar-refractivity contribution in [3.05, 3.63) is 0 Å². The quantitative estimate of drug-likeness (QED) is 0.482. The summed E-state index contributed by atoms with van der Waals surface area (Å²) in [5.41, 5.74) is 4.68. The van der Waals surface area contributed by atoms with Crippen molar-refractivity contribution < 1.29 is 24.2 Å². The Morgan fingerprint density at radius 3 is 2.29 bits per heavy atom. The number of carboxylic acids is 1. The van der Waals surface area contributed by atoms with Crippen LogP contribution in [0.5, 0.6) is 0 Å². The van der Waals surface area contributed by atoms with Gasteiger partial charge in [0.25, 0.3) is 0 Å². The summed E-state index contributed by atoms with van der Waals surface area (Å²) in [7, 11) is 0. The molecule has 0 heterocycles. The molecule has 0 unspecified atom stereocenters. The van der Waals surface area contributed by atoms with Crippen LogP contribution in [0.15, 0.2) is 0 Å². The van der Waals surface area contributed by atoms with E-state index in [2.05, 4.69) is 10.1 Å². The van der Waals surface area contributed by atoms with E-state index in [0.717, 1.165) is 0 Å². The van der Waals surface area contributed by atoms with Crippen molar-refractivity contribution >= 4 is 18.0 Å². The van der Waals surface area contributed by atoms with E-state index in [1.807, 2.05) is 0 Å². The number of nitrogens with two attached hydrogens (primary N) is 1. The van der Waals surface area contributed by atoms with Crippen LogP contribution in [0.2, 0.25) is 0 Å². The van der Waals surface area contributed by atoms with Crippen molar-refractivity contribution in [3.63, 3.8) is 0 Å². The Morgan fingerprint density at radius 2 is 1.88 bits per heavy atom. The van der Waals surface area contributed by atoms with Gasteiger partial charge in [0.2, 0.25) is 0 Å². The van der Waals surface area contributed by atoms with Crippen LogP contribution in [0.25, 0.3) is 0 Å². The first-order valence-corrected chi connectivity index (χ1v) is 5.13. The zero-order valence-corrected chi connectivity index (χ0v) is 10.1. The average molecular weight is 246 g/mol. The number of hydrogen-bond acceptors (Lipinski definition) is 5. The third-order valence-corrected chi connectivity index (χ3v) is 1.66. The molecule has 0 aromatic heterocycles. The van der Waals surface area contributed by atoms with Crippen molar-refractivity contribution in [2.75, 3.05) is 0 Å². The van der Waals surface area contributed by atoms with Crippen LogP contribution >= 0.6 is 0 Å². The molecule has 0 aliphatic rings. The molecule has 17 heavy (non-hydrogen) atoms. The van der Waals surface area contributed by atoms with Gasteiger partial charge in [-0.3, -0.25) is 9.59 Å². The van der Waals surface area contributed by atoms with Crippen LogP contribution in [0.3, 0.4) is 0 Å². The van der Waals surface area contributed by atoms with Crippen LogP contribution < -0.4 is 11.1 Å². The first-order chi connectivity index (χ1) is 7.61. The monoisotopic (exact) mass is 246 g/mol. The van der Waals surface area contributed by atoms with E-state index >= 15 is 0 Å². The lowest BCUT2D eigenvalue weighted by molar-refractivity contribution is -0.139. The molecule has 0 bridgehead atoms. The molecule has 0 aromatic rings. The largest absolute Gasteiger partial charge is 0.480 e. The predicted octanol–water partition coefficient (Wildman–Crippen LogP) is 0.230. The van der Waals surface area contributed by atoms with E-state index in [4.69, 9.17) is 10.8 Å². The Balaban J connectivity index is 3.95. The maximum atomic E-state index is 11.1. The van der Waals surface area contributed by atoms with E-state index in [9.17, 15) is 14.4 Å². The lowest BCUT2D eigenvalue weighted by Gasteiger charge is -2.19. The van der Waals surface area contributed by atoms with Crippen LogP contribution in [0.4, 0.5) is 4.79 Å². The summed E-state index contributed by atoms with van der Waals surface area (Å²) in [5.74, 6) is -2.00. The molecule has 0 aliphatic carbocycles. The van der Waals surface area contributed by atoms with Gasteiger partial charge in [-0.15, -0.1) is 0 Å². The molecule has 0 radical (unpaired) electrons. The van der Waals surface area contributed by atoms with E-state index in [1.165, 1.54) is 0 Å². The second-order valence-corrected chi connectivity index (χ2v) is 4.62. The second-order valence-electron chi connectivity index (χ2n) is 4.62. The number of alkyl carbamates (subject to hydrolysis) is 1. The Hall–Kier alpha value is -1.63. The maximum Gasteiger partial charge on any atom is 0.415 e. The minimum absolute atomic E-state index is 0.0725. The normalized spacial score (nSPS) is 12.7. The SMILES string of the molecule is CC(C)(C)NC(=O)OC(=O)CC[C@H](N)C(=O)O. The molecule has 0 saturated carbocycles. The standard InChI is InChI=1S/C10H18N2O5/c1-10(2,3)12-9(16)17-7(13)5-4-6(11)8(14)15/h6H,4-5,11H2,1-3H3,(H,12,16)(H,14,15)/t6-/m0/s1. The minimum atomic E-state index is -1.20. The number of nitrogens with one attached hydrogen (secondary N) is 1. The van der Waals surface area contributed by atoms with E-state index in [0.29, 0.717) is 0 Å². The number of carbonyl (C=O) groups excluding carboxylic acids is 2. The van der Waals surface area contributed by atoms with Crippen LogP contribution in [-0.4, -0.2) is 34.7 Å². The average Bonchev–Trinajstić information content (AvgIpc) is 2.10. The zero-order chi connectivity index (χ0) is 13.6. The van der Waals surface area contributed by atoms with Gasteiger partial charge in [-0.25, -0.2) is 4.79 Å². The van der Waals surface area contributed by atoms with Gasteiger partial charge in [0.15, 0.2) is 0 Å². The highest BCUT2D eigenvalue weighted by Crippen LogP contribution is 2.01. The van der Waals surface area contributed by atoms with E-state index in [-0.39, 0.29) is 12.8 Å². The number of rotatable bonds is 4. The van der Waals surface area contributed by atoms with Crippen LogP contribution in [0, 0.1) is 0 Å². The molecule has 98 valence electrons. The van der Waals surface area contributed by atoms with Gasteiger partial charge in [0, 0.05) is 12.0 Å². The molecule has 1 amide bonds. The third kappa shape index (κ3) is 8.21. The lowest BCUT2D eigenvalue weighted by Crippen LogP contribution is -2.41. The van der Waals surface area contributed by atoms with Crippen LogP contribution in [-0.2, 0) is 14.3 Å². The summed E-state index contributed by atoms with van der Waals surface area (Å²) in [6.45, 7) is 5.21. The molecule has 7 heteroatoms. The molecule has 0 fully saturated rings. The van der Waals surface area contributed by atoms with Crippen molar-refractivity contribution in [3.8, 4) is 0 Å². The Kier molecular flexibility index (Phi) is 5.60. The number of aliphatic carboxylic acids is 1. The number of amides is 1. The molecule has 0 saturated heterocycles. The maximum absolute atomic E-state index is 11.1. The Labute approximate surface area is 99.3 Å². The van der Waals surface area contributed by atoms with Gasteiger partial charge in [0.05, 0.1) is 0 Å². The van der Waals surface area contributed by atoms with Gasteiger partial charge in [-0.2, -0.15) is 0 Å². The lowest BCUT2D eigenvalue weighted by atomic mass is 10.1. The molecule has 0 aromatic carbocycles. The number of hydrogen-bond donors (Lipinski definition) is 3. The second kappa shape index (κ2) is 6.19. The molecular weight excluding hydrogens is 228 g/mol. The molecule has 0 aliphatic heterocycles. The predicted molar refractivity (Wildman–Crippen MR) is 59.2 cm³/mol. The van der Waals surface area contributed by atoms with Gasteiger partial charge >= 0.3 is 18.0 Å². The third-order valence-electron chi connectivity index (χ3n) is 1.66. The van der Waals surface area contributed by atoms with Crippen molar-refractivity contribution in [1.82, 2.24) is 5.32 Å². The highest BCUT2D eigenvalue weighted by atomic mass is 16.6. The molecule has 7 nitrogen and oxygen atoms in total. The van der Waals surface area contributed by atoms with E-state index < -0.39 is 29.6 Å². The number of esters is 1. The molecule has 1 atom stereocenters. The first-order valence-electron chi connectivity index (χ1n) is 5.13. The summed E-state index contributed by atoms with van der Waals surface area (Å²) in [5, 5.41) is 10.9. The van der Waals surface area contributed by atoms with E-state index in [1.54, 1.807) is 20.8 Å². The van der Waals surface area contributed by atoms with Crippen molar-refractivity contribution in [2.45, 2.75) is 45.2 Å². The highest BCUT2D eigenvalue weighted by Gasteiger charge is 2.19. The summed E-state index contributed by atoms with van der Waals surface area (Å²) in [6.07, 6.45) is -1.14. The Bertz CT molecular complexity index is 308. The number of carboxylic acid groups (broad SMARTS) is 1. The van der Waals surface area contributed by atoms with Gasteiger partial charge < -0.3 is 20.9 Å². The zero-order valence-electron chi connectivity index (χ0n) is 10.1. The first kappa shape index (κ1) is 15.4. The number of ether oxygens (including phenoxy) is 1.